The fourth-order valence-electron chi connectivity index (χ4n) is 3.04. The average Bonchev–Trinajstić information content (AvgIpc) is 3.16. The Morgan fingerprint density at radius 2 is 2.08 bits per heavy atom. The zero-order chi connectivity index (χ0) is 17.6. The van der Waals surface area contributed by atoms with Crippen molar-refractivity contribution >= 4 is 11.8 Å². The Labute approximate surface area is 147 Å². The van der Waals surface area contributed by atoms with Crippen molar-refractivity contribution < 1.29 is 14.0 Å². The summed E-state index contributed by atoms with van der Waals surface area (Å²) in [4.78, 5) is 27.2. The zero-order valence-electron chi connectivity index (χ0n) is 14.3. The van der Waals surface area contributed by atoms with Crippen LogP contribution in [-0.4, -0.2) is 48.4 Å². The molecule has 0 aliphatic carbocycles. The lowest BCUT2D eigenvalue weighted by Crippen LogP contribution is -2.57. The van der Waals surface area contributed by atoms with Gasteiger partial charge in [-0.3, -0.25) is 9.59 Å². The summed E-state index contributed by atoms with van der Waals surface area (Å²) in [6.45, 7) is 4.09. The number of amides is 2. The highest BCUT2D eigenvalue weighted by Gasteiger charge is 2.29. The number of hydrogen-bond donors (Lipinski definition) is 2. The summed E-state index contributed by atoms with van der Waals surface area (Å²) in [6.07, 6.45) is 1.89. The number of hydrogen-bond acceptors (Lipinski definition) is 4. The fraction of sp³-hybridized carbons (Fsp3) is 0.368. The Bertz CT molecular complexity index is 700. The van der Waals surface area contributed by atoms with E-state index in [2.05, 4.69) is 10.6 Å². The topological polar surface area (TPSA) is 74.6 Å². The van der Waals surface area contributed by atoms with Gasteiger partial charge in [0.25, 0.3) is 5.91 Å². The van der Waals surface area contributed by atoms with Crippen LogP contribution in [0.25, 0.3) is 0 Å². The van der Waals surface area contributed by atoms with Gasteiger partial charge in [0.15, 0.2) is 5.76 Å². The van der Waals surface area contributed by atoms with Crippen molar-refractivity contribution in [2.24, 2.45) is 0 Å². The normalized spacial score (nSPS) is 18.6. The molecule has 1 fully saturated rings. The monoisotopic (exact) mass is 341 g/mol. The third-order valence-electron chi connectivity index (χ3n) is 4.31. The molecule has 25 heavy (non-hydrogen) atoms. The van der Waals surface area contributed by atoms with Crippen LogP contribution >= 0.6 is 0 Å². The van der Waals surface area contributed by atoms with Crippen molar-refractivity contribution in [2.75, 3.05) is 19.6 Å². The zero-order valence-corrected chi connectivity index (χ0v) is 14.3. The van der Waals surface area contributed by atoms with Gasteiger partial charge in [0.05, 0.1) is 6.26 Å². The van der Waals surface area contributed by atoms with Crippen molar-refractivity contribution in [1.82, 2.24) is 15.5 Å². The van der Waals surface area contributed by atoms with Crippen LogP contribution in [0.3, 0.4) is 0 Å². The molecule has 1 aromatic carbocycles. The van der Waals surface area contributed by atoms with Gasteiger partial charge in [-0.1, -0.05) is 30.3 Å². The summed E-state index contributed by atoms with van der Waals surface area (Å²) < 4.78 is 5.14. The van der Waals surface area contributed by atoms with Gasteiger partial charge in [-0.2, -0.15) is 0 Å². The number of furan rings is 1. The summed E-state index contributed by atoms with van der Waals surface area (Å²) in [5, 5.41) is 6.16. The molecule has 132 valence electrons. The van der Waals surface area contributed by atoms with Crippen molar-refractivity contribution in [1.29, 1.82) is 0 Å². The molecular weight excluding hydrogens is 318 g/mol. The summed E-state index contributed by atoms with van der Waals surface area (Å²) in [5.41, 5.74) is 1.00. The van der Waals surface area contributed by atoms with Crippen LogP contribution in [0.1, 0.15) is 23.0 Å². The van der Waals surface area contributed by atoms with E-state index in [0.29, 0.717) is 19.5 Å². The number of nitrogens with zero attached hydrogens (tertiary/aromatic N) is 1. The summed E-state index contributed by atoms with van der Waals surface area (Å²) >= 11 is 0. The average molecular weight is 341 g/mol. The SMILES string of the molecule is CC1CN(C(=O)C(Cc2ccccc2)NC(=O)c2ccco2)CCN1. The Hall–Kier alpha value is -2.60. The van der Waals surface area contributed by atoms with Gasteiger partial charge in [-0.15, -0.1) is 0 Å². The third-order valence-corrected chi connectivity index (χ3v) is 4.31. The molecule has 3 rings (SSSR count). The molecule has 2 heterocycles. The number of benzene rings is 1. The third kappa shape index (κ3) is 4.48. The maximum Gasteiger partial charge on any atom is 0.287 e. The van der Waals surface area contributed by atoms with E-state index in [4.69, 9.17) is 4.42 Å². The molecule has 1 saturated heterocycles. The smallest absolute Gasteiger partial charge is 0.287 e. The fourth-order valence-corrected chi connectivity index (χ4v) is 3.04. The van der Waals surface area contributed by atoms with Gasteiger partial charge in [0.1, 0.15) is 6.04 Å². The molecule has 1 aliphatic rings. The minimum atomic E-state index is -0.620. The van der Waals surface area contributed by atoms with Gasteiger partial charge in [-0.05, 0) is 24.6 Å². The molecule has 6 nitrogen and oxygen atoms in total. The molecule has 0 bridgehead atoms. The van der Waals surface area contributed by atoms with E-state index < -0.39 is 6.04 Å². The summed E-state index contributed by atoms with van der Waals surface area (Å²) in [6, 6.07) is 12.6. The van der Waals surface area contributed by atoms with E-state index >= 15 is 0 Å². The lowest BCUT2D eigenvalue weighted by molar-refractivity contribution is -0.134. The number of carbonyl (C=O) groups excluding carboxylic acids is 2. The van der Waals surface area contributed by atoms with Crippen molar-refractivity contribution in [2.45, 2.75) is 25.4 Å². The van der Waals surface area contributed by atoms with Crippen LogP contribution in [0.4, 0.5) is 0 Å². The summed E-state index contributed by atoms with van der Waals surface area (Å²) in [5.74, 6) is -0.223. The Morgan fingerprint density at radius 3 is 2.76 bits per heavy atom. The molecule has 2 aromatic rings. The van der Waals surface area contributed by atoms with Crippen molar-refractivity contribution in [3.05, 3.63) is 60.1 Å². The lowest BCUT2D eigenvalue weighted by Gasteiger charge is -2.34. The number of nitrogens with one attached hydrogen (secondary N) is 2. The van der Waals surface area contributed by atoms with Crippen molar-refractivity contribution in [3.63, 3.8) is 0 Å². The maximum absolute atomic E-state index is 13.0. The first-order chi connectivity index (χ1) is 12.1. The van der Waals surface area contributed by atoms with Crippen LogP contribution in [0.15, 0.2) is 53.1 Å². The van der Waals surface area contributed by atoms with Crippen molar-refractivity contribution in [3.8, 4) is 0 Å². The molecule has 0 radical (unpaired) electrons. The standard InChI is InChI=1S/C19H23N3O3/c1-14-13-22(10-9-20-14)19(24)16(12-15-6-3-2-4-7-15)21-18(23)17-8-5-11-25-17/h2-8,11,14,16,20H,9-10,12-13H2,1H3,(H,21,23). The largest absolute Gasteiger partial charge is 0.459 e. The number of rotatable bonds is 5. The van der Waals surface area contributed by atoms with E-state index in [1.54, 1.807) is 12.1 Å². The van der Waals surface area contributed by atoms with Gasteiger partial charge in [-0.25, -0.2) is 0 Å². The van der Waals surface area contributed by atoms with E-state index in [1.165, 1.54) is 6.26 Å². The quantitative estimate of drug-likeness (QED) is 0.863. The molecule has 2 atom stereocenters. The second-order valence-electron chi connectivity index (χ2n) is 6.33. The number of carbonyl (C=O) groups is 2. The van der Waals surface area contributed by atoms with Gasteiger partial charge < -0.3 is 20.0 Å². The molecule has 2 amide bonds. The van der Waals surface area contributed by atoms with Crippen LogP contribution in [0.5, 0.6) is 0 Å². The predicted octanol–water partition coefficient (Wildman–Crippen LogP) is 1.44. The molecule has 1 aromatic heterocycles. The summed E-state index contributed by atoms with van der Waals surface area (Å²) in [7, 11) is 0. The highest BCUT2D eigenvalue weighted by molar-refractivity contribution is 5.95. The number of piperazine rings is 1. The van der Waals surface area contributed by atoms with E-state index in [1.807, 2.05) is 42.2 Å². The first-order valence-corrected chi connectivity index (χ1v) is 8.54. The predicted molar refractivity (Wildman–Crippen MR) is 94.2 cm³/mol. The first-order valence-electron chi connectivity index (χ1n) is 8.54. The molecule has 0 saturated carbocycles. The Morgan fingerprint density at radius 1 is 1.28 bits per heavy atom. The Kier molecular flexibility index (Phi) is 5.50. The van der Waals surface area contributed by atoms with E-state index in [-0.39, 0.29) is 23.6 Å². The van der Waals surface area contributed by atoms with Crippen LogP contribution < -0.4 is 10.6 Å². The van der Waals surface area contributed by atoms with Crippen LogP contribution in [-0.2, 0) is 11.2 Å². The van der Waals surface area contributed by atoms with Gasteiger partial charge >= 0.3 is 0 Å². The molecular formula is C19H23N3O3. The minimum Gasteiger partial charge on any atom is -0.459 e. The van der Waals surface area contributed by atoms with Gasteiger partial charge in [0.2, 0.25) is 5.91 Å². The van der Waals surface area contributed by atoms with E-state index in [0.717, 1.165) is 12.1 Å². The Balaban J connectivity index is 1.75. The van der Waals surface area contributed by atoms with Crippen LogP contribution in [0.2, 0.25) is 0 Å². The van der Waals surface area contributed by atoms with E-state index in [9.17, 15) is 9.59 Å². The van der Waals surface area contributed by atoms with Crippen LogP contribution in [0, 0.1) is 0 Å². The highest BCUT2D eigenvalue weighted by Crippen LogP contribution is 2.10. The van der Waals surface area contributed by atoms with Gasteiger partial charge in [0, 0.05) is 32.1 Å². The lowest BCUT2D eigenvalue weighted by atomic mass is 10.0. The molecule has 2 N–H and O–H groups in total. The molecule has 6 heteroatoms. The highest BCUT2D eigenvalue weighted by atomic mass is 16.3. The minimum absolute atomic E-state index is 0.0582. The second kappa shape index (κ2) is 7.98. The second-order valence-corrected chi connectivity index (χ2v) is 6.33. The first kappa shape index (κ1) is 17.2. The maximum atomic E-state index is 13.0. The molecule has 0 spiro atoms. The molecule has 1 aliphatic heterocycles. The molecule has 2 unspecified atom stereocenters.